The number of aromatic nitrogens is 1. The Balaban J connectivity index is 1.85. The van der Waals surface area contributed by atoms with Gasteiger partial charge in [0.15, 0.2) is 0 Å². The lowest BCUT2D eigenvalue weighted by Gasteiger charge is -2.34. The van der Waals surface area contributed by atoms with E-state index in [1.807, 2.05) is 18.2 Å². The number of benzene rings is 2. The number of nitrogens with zero attached hydrogens (tertiary/aromatic N) is 1. The maximum Gasteiger partial charge on any atom is 0.0558 e. The number of aliphatic hydroxyl groups excluding tert-OH is 2. The van der Waals surface area contributed by atoms with E-state index in [-0.39, 0.29) is 19.3 Å². The molecule has 0 saturated carbocycles. The third kappa shape index (κ3) is 2.93. The van der Waals surface area contributed by atoms with Crippen LogP contribution in [-0.2, 0) is 6.42 Å². The van der Waals surface area contributed by atoms with Crippen LogP contribution in [0.15, 0.2) is 42.5 Å². The van der Waals surface area contributed by atoms with Crippen LogP contribution in [0, 0.1) is 0 Å². The summed E-state index contributed by atoms with van der Waals surface area (Å²) in [5.74, 6) is 0. The Morgan fingerprint density at radius 1 is 1.04 bits per heavy atom. The molecule has 2 aromatic carbocycles. The third-order valence-electron chi connectivity index (χ3n) is 5.35. The molecule has 26 heavy (non-hydrogen) atoms. The van der Waals surface area contributed by atoms with Crippen molar-refractivity contribution in [1.82, 2.24) is 9.88 Å². The Morgan fingerprint density at radius 2 is 1.81 bits per heavy atom. The second-order valence-corrected chi connectivity index (χ2v) is 7.17. The summed E-state index contributed by atoms with van der Waals surface area (Å²) in [5, 5.41) is 20.9. The quantitative estimate of drug-likeness (QED) is 0.619. The molecule has 4 rings (SSSR count). The summed E-state index contributed by atoms with van der Waals surface area (Å²) in [6.45, 7) is 1.33. The van der Waals surface area contributed by atoms with Crippen LogP contribution in [0.5, 0.6) is 0 Å². The largest absolute Gasteiger partial charge is 0.395 e. The van der Waals surface area contributed by atoms with E-state index in [4.69, 9.17) is 11.6 Å². The Morgan fingerprint density at radius 3 is 2.54 bits per heavy atom. The highest BCUT2D eigenvalue weighted by molar-refractivity contribution is 6.33. The molecule has 1 heterocycles. The average Bonchev–Trinajstić information content (AvgIpc) is 3.03. The van der Waals surface area contributed by atoms with Gasteiger partial charge in [-0.3, -0.25) is 4.90 Å². The molecule has 0 bridgehead atoms. The number of nitrogens with one attached hydrogen (secondary N) is 1. The lowest BCUT2D eigenvalue weighted by atomic mass is 9.86. The molecule has 0 radical (unpaired) electrons. The smallest absolute Gasteiger partial charge is 0.0558 e. The van der Waals surface area contributed by atoms with Crippen LogP contribution < -0.4 is 0 Å². The van der Waals surface area contributed by atoms with Crippen LogP contribution in [0.4, 0.5) is 0 Å². The van der Waals surface area contributed by atoms with Crippen LogP contribution in [0.3, 0.4) is 0 Å². The van der Waals surface area contributed by atoms with Crippen molar-refractivity contribution in [3.63, 3.8) is 0 Å². The number of aromatic amines is 1. The molecule has 136 valence electrons. The molecule has 0 saturated heterocycles. The Bertz CT molecular complexity index is 916. The van der Waals surface area contributed by atoms with Gasteiger partial charge in [0.1, 0.15) is 0 Å². The van der Waals surface area contributed by atoms with Gasteiger partial charge in [0.05, 0.1) is 18.9 Å². The van der Waals surface area contributed by atoms with E-state index in [1.165, 1.54) is 16.5 Å². The molecule has 0 aliphatic heterocycles. The van der Waals surface area contributed by atoms with Crippen LogP contribution in [0.25, 0.3) is 22.2 Å². The van der Waals surface area contributed by atoms with Crippen molar-refractivity contribution >= 4 is 22.5 Å². The number of hydrogen-bond donors (Lipinski definition) is 3. The molecule has 1 aliphatic rings. The maximum atomic E-state index is 9.42. The summed E-state index contributed by atoms with van der Waals surface area (Å²) in [4.78, 5) is 5.76. The minimum atomic E-state index is 0.0946. The molecule has 0 fully saturated rings. The van der Waals surface area contributed by atoms with Gasteiger partial charge >= 0.3 is 0 Å². The van der Waals surface area contributed by atoms with Crippen molar-refractivity contribution in [3.8, 4) is 11.3 Å². The Labute approximate surface area is 158 Å². The van der Waals surface area contributed by atoms with Gasteiger partial charge in [-0.25, -0.2) is 0 Å². The summed E-state index contributed by atoms with van der Waals surface area (Å²) in [6.07, 6.45) is 1.90. The van der Waals surface area contributed by atoms with E-state index >= 15 is 0 Å². The van der Waals surface area contributed by atoms with E-state index in [1.54, 1.807) is 0 Å². The predicted octanol–water partition coefficient (Wildman–Crippen LogP) is 3.76. The lowest BCUT2D eigenvalue weighted by molar-refractivity contribution is 0.116. The minimum Gasteiger partial charge on any atom is -0.395 e. The minimum absolute atomic E-state index is 0.0946. The normalized spacial score (nSPS) is 16.5. The molecule has 0 spiro atoms. The van der Waals surface area contributed by atoms with E-state index in [0.29, 0.717) is 13.1 Å². The van der Waals surface area contributed by atoms with Gasteiger partial charge in [0.2, 0.25) is 0 Å². The fraction of sp³-hybridized carbons (Fsp3) is 0.333. The summed E-state index contributed by atoms with van der Waals surface area (Å²) in [6, 6.07) is 14.5. The van der Waals surface area contributed by atoms with Crippen LogP contribution in [-0.4, -0.2) is 46.4 Å². The topological polar surface area (TPSA) is 59.5 Å². The maximum absolute atomic E-state index is 9.42. The molecular formula is C21H23ClN2O2. The molecule has 1 aromatic heterocycles. The lowest BCUT2D eigenvalue weighted by Crippen LogP contribution is -2.35. The molecule has 1 atom stereocenters. The SMILES string of the molecule is OCCN(CCO)C1CCc2c(-c3ccccc3Cl)[nH]c3cccc1c23. The first-order valence-corrected chi connectivity index (χ1v) is 9.46. The van der Waals surface area contributed by atoms with Gasteiger partial charge in [-0.15, -0.1) is 0 Å². The highest BCUT2D eigenvalue weighted by atomic mass is 35.5. The van der Waals surface area contributed by atoms with Gasteiger partial charge in [-0.2, -0.15) is 0 Å². The van der Waals surface area contributed by atoms with Crippen molar-refractivity contribution in [1.29, 1.82) is 0 Å². The van der Waals surface area contributed by atoms with E-state index in [0.717, 1.165) is 34.6 Å². The zero-order valence-corrected chi connectivity index (χ0v) is 15.3. The van der Waals surface area contributed by atoms with Gasteiger partial charge in [-0.05, 0) is 36.1 Å². The summed E-state index contributed by atoms with van der Waals surface area (Å²) in [7, 11) is 0. The van der Waals surface area contributed by atoms with E-state index < -0.39 is 0 Å². The molecule has 3 aromatic rings. The van der Waals surface area contributed by atoms with Crippen LogP contribution in [0.2, 0.25) is 5.02 Å². The van der Waals surface area contributed by atoms with Gasteiger partial charge in [0, 0.05) is 40.6 Å². The summed E-state index contributed by atoms with van der Waals surface area (Å²) in [5.41, 5.74) is 5.83. The molecule has 5 heteroatoms. The zero-order valence-electron chi connectivity index (χ0n) is 14.6. The molecule has 3 N–H and O–H groups in total. The second-order valence-electron chi connectivity index (χ2n) is 6.77. The van der Waals surface area contributed by atoms with E-state index in [9.17, 15) is 10.2 Å². The van der Waals surface area contributed by atoms with Crippen LogP contribution in [0.1, 0.15) is 23.6 Å². The average molecular weight is 371 g/mol. The molecular weight excluding hydrogens is 348 g/mol. The summed E-state index contributed by atoms with van der Waals surface area (Å²) >= 11 is 6.45. The fourth-order valence-electron chi connectivity index (χ4n) is 4.26. The monoisotopic (exact) mass is 370 g/mol. The first kappa shape index (κ1) is 17.6. The zero-order chi connectivity index (χ0) is 18.1. The van der Waals surface area contributed by atoms with Crippen molar-refractivity contribution in [3.05, 3.63) is 58.6 Å². The molecule has 0 amide bonds. The van der Waals surface area contributed by atoms with Gasteiger partial charge < -0.3 is 15.2 Å². The standard InChI is InChI=1S/C21H23ClN2O2/c22-17-6-2-1-4-14(17)21-16-8-9-19(24(10-12-25)11-13-26)15-5-3-7-18(23-21)20(15)16/h1-7,19,23,25-26H,8-13H2. The van der Waals surface area contributed by atoms with Crippen molar-refractivity contribution < 1.29 is 10.2 Å². The molecule has 1 aliphatic carbocycles. The number of halogens is 1. The predicted molar refractivity (Wildman–Crippen MR) is 106 cm³/mol. The van der Waals surface area contributed by atoms with Gasteiger partial charge in [0.25, 0.3) is 0 Å². The molecule has 4 nitrogen and oxygen atoms in total. The molecule has 1 unspecified atom stereocenters. The number of hydrogen-bond acceptors (Lipinski definition) is 3. The summed E-state index contributed by atoms with van der Waals surface area (Å²) < 4.78 is 0. The highest BCUT2D eigenvalue weighted by Crippen LogP contribution is 2.43. The second kappa shape index (κ2) is 7.41. The third-order valence-corrected chi connectivity index (χ3v) is 5.67. The van der Waals surface area contributed by atoms with E-state index in [2.05, 4.69) is 34.1 Å². The fourth-order valence-corrected chi connectivity index (χ4v) is 4.49. The number of rotatable bonds is 6. The van der Waals surface area contributed by atoms with Crippen molar-refractivity contribution in [2.24, 2.45) is 0 Å². The Kier molecular flexibility index (Phi) is 5.00. The first-order chi connectivity index (χ1) is 12.7. The number of aliphatic hydroxyl groups is 2. The van der Waals surface area contributed by atoms with Crippen LogP contribution >= 0.6 is 11.6 Å². The van der Waals surface area contributed by atoms with Crippen molar-refractivity contribution in [2.75, 3.05) is 26.3 Å². The van der Waals surface area contributed by atoms with Gasteiger partial charge in [-0.1, -0.05) is 41.9 Å². The Hall–Kier alpha value is -1.85. The number of H-pyrrole nitrogens is 1. The van der Waals surface area contributed by atoms with Crippen molar-refractivity contribution in [2.45, 2.75) is 18.9 Å². The number of aryl methyl sites for hydroxylation is 1. The first-order valence-electron chi connectivity index (χ1n) is 9.08. The highest BCUT2D eigenvalue weighted by Gasteiger charge is 2.29.